The van der Waals surface area contributed by atoms with Gasteiger partial charge >= 0.3 is 5.97 Å². The molecule has 5 heteroatoms. The van der Waals surface area contributed by atoms with Crippen LogP contribution in [0.3, 0.4) is 0 Å². The fraction of sp³-hybridized carbons (Fsp3) is 0.182. The van der Waals surface area contributed by atoms with Crippen LogP contribution in [0.5, 0.6) is 5.75 Å². The molecule has 0 aromatic heterocycles. The van der Waals surface area contributed by atoms with Gasteiger partial charge < -0.3 is 15.6 Å². The van der Waals surface area contributed by atoms with Crippen molar-refractivity contribution in [3.63, 3.8) is 0 Å². The predicted octanol–water partition coefficient (Wildman–Crippen LogP) is 1.54. The zero-order chi connectivity index (χ0) is 12.1. The lowest BCUT2D eigenvalue weighted by Crippen LogP contribution is -1.97. The van der Waals surface area contributed by atoms with Crippen molar-refractivity contribution in [2.75, 3.05) is 12.8 Å². The largest absolute Gasteiger partial charge is 0.505 e. The molecule has 0 saturated heterocycles. The Kier molecular flexibility index (Phi) is 4.03. The molecule has 0 fully saturated rings. The van der Waals surface area contributed by atoms with E-state index in [-0.39, 0.29) is 23.4 Å². The van der Waals surface area contributed by atoms with Crippen molar-refractivity contribution < 1.29 is 14.6 Å². The number of esters is 1. The maximum atomic E-state index is 10.8. The number of aromatic hydroxyl groups is 1. The van der Waals surface area contributed by atoms with E-state index >= 15 is 0 Å². The zero-order valence-electron chi connectivity index (χ0n) is 8.58. The Balaban J connectivity index is 2.92. The van der Waals surface area contributed by atoms with Gasteiger partial charge in [-0.15, -0.1) is 0 Å². The lowest BCUT2D eigenvalue weighted by Gasteiger charge is -2.01. The predicted molar refractivity (Wildman–Crippen MR) is 61.0 cm³/mol. The molecule has 84 valence electrons. The van der Waals surface area contributed by atoms with Crippen LogP contribution in [0.2, 0.25) is 5.02 Å². The summed E-state index contributed by atoms with van der Waals surface area (Å²) >= 11 is 5.74. The third-order valence-corrected chi connectivity index (χ3v) is 2.01. The van der Waals surface area contributed by atoms with E-state index in [1.165, 1.54) is 19.2 Å². The molecule has 0 atom stereocenters. The number of hydrogen-bond donors (Lipinski definition) is 2. The molecular weight excluding hydrogens is 230 g/mol. The van der Waals surface area contributed by atoms with Crippen molar-refractivity contribution >= 4 is 23.3 Å². The van der Waals surface area contributed by atoms with Gasteiger partial charge in [0.05, 0.1) is 18.4 Å². The SMILES string of the molecule is COC(=O)CC#Cc1cc(Cl)cc(N)c1O. The average Bonchev–Trinajstić information content (AvgIpc) is 2.24. The van der Waals surface area contributed by atoms with E-state index in [1.54, 1.807) is 0 Å². The Morgan fingerprint density at radius 1 is 1.62 bits per heavy atom. The molecule has 0 amide bonds. The molecule has 1 aromatic rings. The van der Waals surface area contributed by atoms with Crippen LogP contribution in [0.15, 0.2) is 12.1 Å². The maximum absolute atomic E-state index is 10.8. The standard InChI is InChI=1S/C11H10ClNO3/c1-16-10(14)4-2-3-7-5-8(12)6-9(13)11(7)15/h5-6,15H,4,13H2,1H3. The van der Waals surface area contributed by atoms with Gasteiger partial charge in [-0.2, -0.15) is 0 Å². The van der Waals surface area contributed by atoms with Crippen molar-refractivity contribution in [3.8, 4) is 17.6 Å². The van der Waals surface area contributed by atoms with Crippen molar-refractivity contribution in [2.24, 2.45) is 0 Å². The number of benzene rings is 1. The molecule has 16 heavy (non-hydrogen) atoms. The highest BCUT2D eigenvalue weighted by Crippen LogP contribution is 2.28. The zero-order valence-corrected chi connectivity index (χ0v) is 9.34. The number of ether oxygens (including phenoxy) is 1. The minimum Gasteiger partial charge on any atom is -0.505 e. The molecule has 4 nitrogen and oxygen atoms in total. The van der Waals surface area contributed by atoms with E-state index in [0.29, 0.717) is 5.02 Å². The number of nitrogen functional groups attached to an aromatic ring is 1. The fourth-order valence-electron chi connectivity index (χ4n) is 0.999. The molecule has 0 heterocycles. The molecule has 0 saturated carbocycles. The van der Waals surface area contributed by atoms with Crippen molar-refractivity contribution in [1.82, 2.24) is 0 Å². The van der Waals surface area contributed by atoms with Crippen LogP contribution >= 0.6 is 11.6 Å². The van der Waals surface area contributed by atoms with Crippen molar-refractivity contribution in [2.45, 2.75) is 6.42 Å². The fourth-order valence-corrected chi connectivity index (χ4v) is 1.23. The molecule has 1 rings (SSSR count). The summed E-state index contributed by atoms with van der Waals surface area (Å²) in [7, 11) is 1.28. The van der Waals surface area contributed by atoms with Crippen molar-refractivity contribution in [3.05, 3.63) is 22.7 Å². The first-order valence-corrected chi connectivity index (χ1v) is 4.76. The molecule has 0 aliphatic heterocycles. The number of anilines is 1. The third-order valence-electron chi connectivity index (χ3n) is 1.79. The van der Waals surface area contributed by atoms with Gasteiger partial charge in [-0.05, 0) is 12.1 Å². The van der Waals surface area contributed by atoms with E-state index in [2.05, 4.69) is 16.6 Å². The number of rotatable bonds is 1. The monoisotopic (exact) mass is 239 g/mol. The molecule has 0 unspecified atom stereocenters. The summed E-state index contributed by atoms with van der Waals surface area (Å²) in [4.78, 5) is 10.8. The second-order valence-electron chi connectivity index (χ2n) is 2.95. The lowest BCUT2D eigenvalue weighted by atomic mass is 10.1. The Morgan fingerprint density at radius 3 is 2.94 bits per heavy atom. The van der Waals surface area contributed by atoms with Crippen LogP contribution in [0.4, 0.5) is 5.69 Å². The summed E-state index contributed by atoms with van der Waals surface area (Å²) < 4.78 is 4.41. The Hall–Kier alpha value is -1.86. The van der Waals surface area contributed by atoms with Gasteiger partial charge in [0.2, 0.25) is 0 Å². The summed E-state index contributed by atoms with van der Waals surface area (Å²) in [6, 6.07) is 2.89. The van der Waals surface area contributed by atoms with Crippen LogP contribution in [0, 0.1) is 11.8 Å². The van der Waals surface area contributed by atoms with Crippen LogP contribution in [0.25, 0.3) is 0 Å². The molecule has 0 aliphatic rings. The van der Waals surface area contributed by atoms with Crippen LogP contribution in [-0.4, -0.2) is 18.2 Å². The molecule has 0 spiro atoms. The second-order valence-corrected chi connectivity index (χ2v) is 3.38. The van der Waals surface area contributed by atoms with Crippen LogP contribution in [0.1, 0.15) is 12.0 Å². The van der Waals surface area contributed by atoms with Crippen LogP contribution < -0.4 is 5.73 Å². The first-order valence-electron chi connectivity index (χ1n) is 4.38. The highest BCUT2D eigenvalue weighted by atomic mass is 35.5. The van der Waals surface area contributed by atoms with Gasteiger partial charge in [0, 0.05) is 5.02 Å². The summed E-state index contributed by atoms with van der Waals surface area (Å²) in [6.07, 6.45) is -0.0532. The molecule has 0 radical (unpaired) electrons. The number of carbonyl (C=O) groups excluding carboxylic acids is 1. The lowest BCUT2D eigenvalue weighted by molar-refractivity contribution is -0.139. The van der Waals surface area contributed by atoms with Gasteiger partial charge in [0.25, 0.3) is 0 Å². The number of phenolic OH excluding ortho intramolecular Hbond substituents is 1. The number of methoxy groups -OCH3 is 1. The Labute approximate surface area is 98.0 Å². The average molecular weight is 240 g/mol. The number of phenols is 1. The van der Waals surface area contributed by atoms with Gasteiger partial charge in [-0.3, -0.25) is 4.79 Å². The number of carbonyl (C=O) groups is 1. The number of halogens is 1. The second kappa shape index (κ2) is 5.29. The van der Waals surface area contributed by atoms with Gasteiger partial charge in [-0.25, -0.2) is 0 Å². The molecular formula is C11H10ClNO3. The van der Waals surface area contributed by atoms with E-state index in [9.17, 15) is 9.90 Å². The van der Waals surface area contributed by atoms with E-state index in [0.717, 1.165) is 0 Å². The first kappa shape index (κ1) is 12.2. The normalized spacial score (nSPS) is 9.12. The summed E-state index contributed by atoms with van der Waals surface area (Å²) in [5, 5.41) is 9.91. The Morgan fingerprint density at radius 2 is 2.31 bits per heavy atom. The van der Waals surface area contributed by atoms with Gasteiger partial charge in [-0.1, -0.05) is 23.4 Å². The van der Waals surface area contributed by atoms with E-state index < -0.39 is 5.97 Å². The minimum absolute atomic E-state index is 0.0532. The third kappa shape index (κ3) is 3.07. The number of hydrogen-bond acceptors (Lipinski definition) is 4. The van der Waals surface area contributed by atoms with Gasteiger partial charge in [0.15, 0.2) is 5.75 Å². The van der Waals surface area contributed by atoms with Crippen LogP contribution in [-0.2, 0) is 9.53 Å². The quantitative estimate of drug-likeness (QED) is 0.338. The maximum Gasteiger partial charge on any atom is 0.317 e. The minimum atomic E-state index is -0.443. The molecule has 1 aromatic carbocycles. The molecule has 3 N–H and O–H groups in total. The van der Waals surface area contributed by atoms with Crippen molar-refractivity contribution in [1.29, 1.82) is 0 Å². The van der Waals surface area contributed by atoms with Gasteiger partial charge in [0.1, 0.15) is 6.42 Å². The summed E-state index contributed by atoms with van der Waals surface area (Å²) in [6.45, 7) is 0. The molecule has 0 bridgehead atoms. The highest BCUT2D eigenvalue weighted by Gasteiger charge is 2.04. The topological polar surface area (TPSA) is 72.5 Å². The summed E-state index contributed by atoms with van der Waals surface area (Å²) in [5.41, 5.74) is 5.92. The highest BCUT2D eigenvalue weighted by molar-refractivity contribution is 6.31. The smallest absolute Gasteiger partial charge is 0.317 e. The van der Waals surface area contributed by atoms with E-state index in [4.69, 9.17) is 17.3 Å². The summed E-state index contributed by atoms with van der Waals surface area (Å²) in [5.74, 6) is 4.56. The Bertz CT molecular complexity index is 474. The number of nitrogens with two attached hydrogens (primary N) is 1. The van der Waals surface area contributed by atoms with E-state index in [1.807, 2.05) is 0 Å². The first-order chi connectivity index (χ1) is 7.54. The molecule has 0 aliphatic carbocycles.